The Morgan fingerprint density at radius 1 is 1.45 bits per heavy atom. The van der Waals surface area contributed by atoms with Crippen LogP contribution in [0.15, 0.2) is 0 Å². The molecule has 0 heterocycles. The first-order valence-corrected chi connectivity index (χ1v) is 4.47. The van der Waals surface area contributed by atoms with Gasteiger partial charge in [0, 0.05) is 6.42 Å². The third kappa shape index (κ3) is 7.32. The highest BCUT2D eigenvalue weighted by Gasteiger charge is 2.04. The molecule has 0 aromatic rings. The Morgan fingerprint density at radius 2 is 2.00 bits per heavy atom. The summed E-state index contributed by atoms with van der Waals surface area (Å²) in [6.07, 6.45) is 0.822. The quantitative estimate of drug-likeness (QED) is 0.640. The van der Waals surface area contributed by atoms with Crippen molar-refractivity contribution >= 4 is 17.0 Å². The fourth-order valence-corrected chi connectivity index (χ4v) is 0.793. The predicted octanol–water partition coefficient (Wildman–Crippen LogP) is 0.492. The van der Waals surface area contributed by atoms with Gasteiger partial charge in [0.25, 0.3) is 0 Å². The molecule has 0 aliphatic carbocycles. The molecular formula is C6H12O4S. The van der Waals surface area contributed by atoms with Crippen LogP contribution in [0.1, 0.15) is 26.7 Å². The van der Waals surface area contributed by atoms with Crippen molar-refractivity contribution in [3.63, 3.8) is 0 Å². The lowest BCUT2D eigenvalue weighted by atomic mass is 10.1. The fourth-order valence-electron chi connectivity index (χ4n) is 0.535. The summed E-state index contributed by atoms with van der Waals surface area (Å²) in [5.74, 6) is -0.290. The number of rotatable bonds is 4. The summed E-state index contributed by atoms with van der Waals surface area (Å²) in [4.78, 5) is 10.6. The molecular weight excluding hydrogens is 168 g/mol. The lowest BCUT2D eigenvalue weighted by Crippen LogP contribution is -2.04. The van der Waals surface area contributed by atoms with E-state index in [1.54, 1.807) is 0 Å². The molecule has 0 aromatic heterocycles. The average Bonchev–Trinajstić information content (AvgIpc) is 1.82. The standard InChI is InChI=1S/C6H12O4S/c1-5(2)3-4-6(7)10-11(8)9/h5,11H,3-4H2,1-2H3. The van der Waals surface area contributed by atoms with Crippen molar-refractivity contribution < 1.29 is 17.4 Å². The molecule has 0 aliphatic rings. The zero-order valence-electron chi connectivity index (χ0n) is 6.57. The van der Waals surface area contributed by atoms with Gasteiger partial charge in [0.05, 0.1) is 0 Å². The SMILES string of the molecule is CC(C)CCC(=O)O[SH](=O)=O. The molecule has 0 rings (SSSR count). The minimum absolute atomic E-state index is 0.168. The van der Waals surface area contributed by atoms with Crippen molar-refractivity contribution in [3.8, 4) is 0 Å². The smallest absolute Gasteiger partial charge is 0.321 e. The summed E-state index contributed by atoms with van der Waals surface area (Å²) in [6.45, 7) is 3.90. The van der Waals surface area contributed by atoms with E-state index in [1.165, 1.54) is 0 Å². The molecule has 66 valence electrons. The fraction of sp³-hybridized carbons (Fsp3) is 0.833. The van der Waals surface area contributed by atoms with E-state index in [0.29, 0.717) is 12.3 Å². The van der Waals surface area contributed by atoms with Crippen molar-refractivity contribution in [1.82, 2.24) is 0 Å². The van der Waals surface area contributed by atoms with E-state index in [4.69, 9.17) is 0 Å². The Hall–Kier alpha value is -0.580. The summed E-state index contributed by atoms with van der Waals surface area (Å²) < 4.78 is 23.6. The number of carbonyl (C=O) groups excluding carboxylic acids is 1. The van der Waals surface area contributed by atoms with Crippen LogP contribution in [0.25, 0.3) is 0 Å². The zero-order valence-corrected chi connectivity index (χ0v) is 7.47. The first kappa shape index (κ1) is 10.4. The Kier molecular flexibility index (Phi) is 4.85. The number of carbonyl (C=O) groups is 1. The highest BCUT2D eigenvalue weighted by atomic mass is 32.2. The van der Waals surface area contributed by atoms with Gasteiger partial charge in [-0.05, 0) is 12.3 Å². The second kappa shape index (κ2) is 5.12. The van der Waals surface area contributed by atoms with Crippen molar-refractivity contribution in [2.24, 2.45) is 5.92 Å². The Balaban J connectivity index is 3.54. The Bertz CT molecular complexity index is 187. The summed E-state index contributed by atoms with van der Waals surface area (Å²) in [5, 5.41) is 0. The molecule has 0 fully saturated rings. The molecule has 0 atom stereocenters. The molecule has 0 bridgehead atoms. The third-order valence-corrected chi connectivity index (χ3v) is 1.45. The molecule has 0 N–H and O–H groups in total. The maximum absolute atomic E-state index is 10.6. The summed E-state index contributed by atoms with van der Waals surface area (Å²) in [6, 6.07) is 0. The van der Waals surface area contributed by atoms with Crippen LogP contribution >= 0.6 is 0 Å². The van der Waals surface area contributed by atoms with Gasteiger partial charge in [-0.3, -0.25) is 4.79 Å². The molecule has 11 heavy (non-hydrogen) atoms. The highest BCUT2D eigenvalue weighted by Crippen LogP contribution is 2.03. The minimum atomic E-state index is -3.02. The first-order valence-electron chi connectivity index (χ1n) is 3.37. The van der Waals surface area contributed by atoms with Crippen LogP contribution in [0.5, 0.6) is 0 Å². The van der Waals surface area contributed by atoms with E-state index < -0.39 is 17.0 Å². The minimum Gasteiger partial charge on any atom is -0.348 e. The van der Waals surface area contributed by atoms with Crippen LogP contribution in [0.3, 0.4) is 0 Å². The largest absolute Gasteiger partial charge is 0.348 e. The van der Waals surface area contributed by atoms with E-state index in [9.17, 15) is 13.2 Å². The van der Waals surface area contributed by atoms with E-state index in [2.05, 4.69) is 4.18 Å². The molecule has 0 aromatic carbocycles. The van der Waals surface area contributed by atoms with Crippen LogP contribution in [-0.4, -0.2) is 14.4 Å². The zero-order chi connectivity index (χ0) is 8.85. The molecule has 5 heteroatoms. The maximum Gasteiger partial charge on any atom is 0.321 e. The molecule has 0 amide bonds. The van der Waals surface area contributed by atoms with E-state index in [0.717, 1.165) is 0 Å². The van der Waals surface area contributed by atoms with Crippen molar-refractivity contribution in [1.29, 1.82) is 0 Å². The maximum atomic E-state index is 10.6. The summed E-state index contributed by atoms with van der Waals surface area (Å²) in [7, 11) is -3.02. The Labute approximate surface area is 67.7 Å². The van der Waals surface area contributed by atoms with E-state index >= 15 is 0 Å². The average molecular weight is 180 g/mol. The van der Waals surface area contributed by atoms with E-state index in [-0.39, 0.29) is 6.42 Å². The predicted molar refractivity (Wildman–Crippen MR) is 40.5 cm³/mol. The Morgan fingerprint density at radius 3 is 2.36 bits per heavy atom. The van der Waals surface area contributed by atoms with Gasteiger partial charge in [0.1, 0.15) is 0 Å². The van der Waals surface area contributed by atoms with Gasteiger partial charge in [-0.15, -0.1) is 0 Å². The number of hydrogen-bond donors (Lipinski definition) is 1. The van der Waals surface area contributed by atoms with Gasteiger partial charge in [-0.25, -0.2) is 0 Å². The lowest BCUT2D eigenvalue weighted by Gasteiger charge is -2.00. The molecule has 0 unspecified atom stereocenters. The molecule has 0 saturated heterocycles. The van der Waals surface area contributed by atoms with Crippen LogP contribution in [-0.2, 0) is 20.0 Å². The third-order valence-electron chi connectivity index (χ3n) is 1.10. The van der Waals surface area contributed by atoms with Crippen molar-refractivity contribution in [2.75, 3.05) is 0 Å². The normalized spacial score (nSPS) is 10.5. The van der Waals surface area contributed by atoms with Crippen molar-refractivity contribution in [3.05, 3.63) is 0 Å². The number of thiol groups is 1. The van der Waals surface area contributed by atoms with Crippen LogP contribution in [0.4, 0.5) is 0 Å². The van der Waals surface area contributed by atoms with Gasteiger partial charge >= 0.3 is 17.0 Å². The topological polar surface area (TPSA) is 60.4 Å². The molecule has 0 radical (unpaired) electrons. The molecule has 0 aliphatic heterocycles. The van der Waals surface area contributed by atoms with Crippen molar-refractivity contribution in [2.45, 2.75) is 26.7 Å². The molecule has 4 nitrogen and oxygen atoms in total. The van der Waals surface area contributed by atoms with Gasteiger partial charge in [0.15, 0.2) is 0 Å². The van der Waals surface area contributed by atoms with Gasteiger partial charge < -0.3 is 4.18 Å². The van der Waals surface area contributed by atoms with Gasteiger partial charge in [-0.2, -0.15) is 8.42 Å². The van der Waals surface area contributed by atoms with Crippen LogP contribution < -0.4 is 0 Å². The number of hydrogen-bond acceptors (Lipinski definition) is 4. The highest BCUT2D eigenvalue weighted by molar-refractivity contribution is 7.67. The van der Waals surface area contributed by atoms with Crippen LogP contribution in [0, 0.1) is 5.92 Å². The lowest BCUT2D eigenvalue weighted by molar-refractivity contribution is -0.133. The second-order valence-electron chi connectivity index (χ2n) is 2.62. The molecule has 0 spiro atoms. The van der Waals surface area contributed by atoms with Gasteiger partial charge in [-0.1, -0.05) is 13.8 Å². The van der Waals surface area contributed by atoms with E-state index in [1.807, 2.05) is 13.8 Å². The van der Waals surface area contributed by atoms with Crippen LogP contribution in [0.2, 0.25) is 0 Å². The second-order valence-corrected chi connectivity index (χ2v) is 3.25. The van der Waals surface area contributed by atoms with Gasteiger partial charge in [0.2, 0.25) is 0 Å². The monoisotopic (exact) mass is 180 g/mol. The first-order chi connectivity index (χ1) is 5.02. The summed E-state index contributed by atoms with van der Waals surface area (Å²) in [5.41, 5.74) is 0. The summed E-state index contributed by atoms with van der Waals surface area (Å²) >= 11 is 0. The molecule has 0 saturated carbocycles.